The van der Waals surface area contributed by atoms with Crippen LogP contribution in [0.2, 0.25) is 5.02 Å². The van der Waals surface area contributed by atoms with Crippen LogP contribution < -0.4 is 10.6 Å². The van der Waals surface area contributed by atoms with E-state index in [4.69, 9.17) is 16.6 Å². The molecule has 1 atom stereocenters. The lowest BCUT2D eigenvalue weighted by Crippen LogP contribution is -2.33. The van der Waals surface area contributed by atoms with E-state index in [0.717, 1.165) is 6.42 Å². The Balaban J connectivity index is 1.31. The molecule has 198 valence electrons. The summed E-state index contributed by atoms with van der Waals surface area (Å²) >= 11 is 7.57. The fourth-order valence-electron chi connectivity index (χ4n) is 4.79. The van der Waals surface area contributed by atoms with Crippen molar-refractivity contribution in [2.24, 2.45) is 4.99 Å². The molecule has 12 heteroatoms. The molecule has 1 amide bonds. The highest BCUT2D eigenvalue weighted by Crippen LogP contribution is 2.35. The van der Waals surface area contributed by atoms with Crippen molar-refractivity contribution in [3.8, 4) is 11.3 Å². The van der Waals surface area contributed by atoms with Crippen molar-refractivity contribution in [1.82, 2.24) is 25.2 Å². The molecule has 8 nitrogen and oxygen atoms in total. The summed E-state index contributed by atoms with van der Waals surface area (Å²) in [5, 5.41) is 8.86. The van der Waals surface area contributed by atoms with Gasteiger partial charge in [-0.1, -0.05) is 23.7 Å². The van der Waals surface area contributed by atoms with Gasteiger partial charge in [0.25, 0.3) is 5.91 Å². The topological polar surface area (TPSA) is 95.4 Å². The first-order chi connectivity index (χ1) is 18.9. The molecule has 1 saturated heterocycles. The van der Waals surface area contributed by atoms with Crippen molar-refractivity contribution in [3.05, 3.63) is 87.0 Å². The largest absolute Gasteiger partial charge is 0.336 e. The van der Waals surface area contributed by atoms with E-state index in [1.807, 2.05) is 7.05 Å². The summed E-state index contributed by atoms with van der Waals surface area (Å²) in [6, 6.07) is 9.06. The van der Waals surface area contributed by atoms with Gasteiger partial charge in [0, 0.05) is 52.4 Å². The average Bonchev–Trinajstić information content (AvgIpc) is 3.57. The van der Waals surface area contributed by atoms with Crippen LogP contribution in [0, 0.1) is 11.6 Å². The van der Waals surface area contributed by atoms with Crippen LogP contribution >= 0.6 is 22.9 Å². The molecule has 2 aromatic carbocycles. The monoisotopic (exact) mass is 565 g/mol. The van der Waals surface area contributed by atoms with Crippen molar-refractivity contribution in [2.75, 3.05) is 25.5 Å². The number of carbonyl (C=O) groups excluding carboxylic acids is 1. The van der Waals surface area contributed by atoms with E-state index in [-0.39, 0.29) is 35.7 Å². The van der Waals surface area contributed by atoms with E-state index < -0.39 is 11.6 Å². The number of hydrogen-bond acceptors (Lipinski definition) is 8. The van der Waals surface area contributed by atoms with Gasteiger partial charge in [0.05, 0.1) is 23.5 Å². The molecule has 39 heavy (non-hydrogen) atoms. The second kappa shape index (κ2) is 10.4. The number of fused-ring (bicyclic) bond motifs is 3. The maximum absolute atomic E-state index is 14.8. The summed E-state index contributed by atoms with van der Waals surface area (Å²) in [6.07, 6.45) is 2.52. The number of amides is 1. The molecule has 0 aliphatic carbocycles. The standard InChI is InChI=1S/C27H22ClF2N7OS/c1-31-16-7-8-37(12-16)25(38)21-13-39-27(34-21)36-26-33-11-14-10-32-24(22-19(29)3-2-4-20(22)30)18-9-15(28)5-6-17(18)23(14)35-26/h2-6,9,11,13,16,31H,7-8,10,12H2,1H3,(H,33,34,35,36). The molecule has 0 saturated carbocycles. The maximum Gasteiger partial charge on any atom is 0.273 e. The zero-order valence-electron chi connectivity index (χ0n) is 20.7. The molecule has 2 aliphatic rings. The fraction of sp³-hybridized carbons (Fsp3) is 0.222. The smallest absolute Gasteiger partial charge is 0.273 e. The molecule has 0 spiro atoms. The van der Waals surface area contributed by atoms with Gasteiger partial charge in [0.2, 0.25) is 5.95 Å². The number of nitrogens with one attached hydrogen (secondary N) is 2. The number of halogens is 3. The predicted molar refractivity (Wildman–Crippen MR) is 147 cm³/mol. The Morgan fingerprint density at radius 3 is 2.74 bits per heavy atom. The number of hydrogen-bond donors (Lipinski definition) is 2. The van der Waals surface area contributed by atoms with Crippen molar-refractivity contribution in [2.45, 2.75) is 19.0 Å². The van der Waals surface area contributed by atoms with Gasteiger partial charge < -0.3 is 15.5 Å². The van der Waals surface area contributed by atoms with Crippen LogP contribution in [-0.2, 0) is 6.54 Å². The molecule has 4 aromatic rings. The van der Waals surface area contributed by atoms with Crippen LogP contribution in [0.5, 0.6) is 0 Å². The number of aliphatic imine (C=N–C) groups is 1. The van der Waals surface area contributed by atoms with Gasteiger partial charge in [-0.05, 0) is 37.7 Å². The van der Waals surface area contributed by atoms with Gasteiger partial charge in [0.15, 0.2) is 5.13 Å². The minimum atomic E-state index is -0.719. The lowest BCUT2D eigenvalue weighted by Gasteiger charge is -2.14. The van der Waals surface area contributed by atoms with Gasteiger partial charge in [-0.15, -0.1) is 11.3 Å². The van der Waals surface area contributed by atoms with Crippen molar-refractivity contribution in [3.63, 3.8) is 0 Å². The lowest BCUT2D eigenvalue weighted by molar-refractivity contribution is 0.0785. The summed E-state index contributed by atoms with van der Waals surface area (Å²) in [6.45, 7) is 1.45. The molecular weight excluding hydrogens is 544 g/mol. The summed E-state index contributed by atoms with van der Waals surface area (Å²) in [5.74, 6) is -1.29. The van der Waals surface area contributed by atoms with Crippen LogP contribution in [-0.4, -0.2) is 57.6 Å². The zero-order chi connectivity index (χ0) is 27.1. The quantitative estimate of drug-likeness (QED) is 0.351. The van der Waals surface area contributed by atoms with Crippen molar-refractivity contribution < 1.29 is 13.6 Å². The average molecular weight is 566 g/mol. The summed E-state index contributed by atoms with van der Waals surface area (Å²) in [4.78, 5) is 32.8. The number of anilines is 2. The van der Waals surface area contributed by atoms with E-state index in [9.17, 15) is 13.6 Å². The molecule has 2 aromatic heterocycles. The third-order valence-electron chi connectivity index (χ3n) is 6.79. The highest BCUT2D eigenvalue weighted by atomic mass is 35.5. The molecule has 0 radical (unpaired) electrons. The van der Waals surface area contributed by atoms with E-state index in [1.165, 1.54) is 29.5 Å². The lowest BCUT2D eigenvalue weighted by atomic mass is 9.95. The number of benzene rings is 2. The first-order valence-corrected chi connectivity index (χ1v) is 13.5. The minimum Gasteiger partial charge on any atom is -0.336 e. The second-order valence-corrected chi connectivity index (χ2v) is 10.5. The summed E-state index contributed by atoms with van der Waals surface area (Å²) < 4.78 is 29.5. The van der Waals surface area contributed by atoms with Gasteiger partial charge in [-0.25, -0.2) is 23.7 Å². The van der Waals surface area contributed by atoms with Gasteiger partial charge >= 0.3 is 0 Å². The molecule has 4 heterocycles. The highest BCUT2D eigenvalue weighted by molar-refractivity contribution is 7.14. The van der Waals surface area contributed by atoms with E-state index in [1.54, 1.807) is 34.7 Å². The third-order valence-corrected chi connectivity index (χ3v) is 7.78. The Morgan fingerprint density at radius 1 is 1.15 bits per heavy atom. The molecule has 2 aliphatic heterocycles. The summed E-state index contributed by atoms with van der Waals surface area (Å²) in [7, 11) is 1.89. The van der Waals surface area contributed by atoms with Crippen molar-refractivity contribution in [1.29, 1.82) is 0 Å². The number of thiazole rings is 1. The number of nitrogens with zero attached hydrogens (tertiary/aromatic N) is 5. The molecule has 1 unspecified atom stereocenters. The maximum atomic E-state index is 14.8. The fourth-order valence-corrected chi connectivity index (χ4v) is 5.64. The Kier molecular flexibility index (Phi) is 6.79. The Bertz CT molecular complexity index is 1610. The Morgan fingerprint density at radius 2 is 1.97 bits per heavy atom. The molecule has 2 N–H and O–H groups in total. The van der Waals surface area contributed by atoms with Crippen LogP contribution in [0.3, 0.4) is 0 Å². The SMILES string of the molecule is CNC1CCN(C(=O)c2csc(Nc3ncc4c(n3)-c3ccc(Cl)cc3C(c3c(F)cccc3F)=NC4)n2)C1. The van der Waals surface area contributed by atoms with Crippen LogP contribution in [0.15, 0.2) is 53.0 Å². The molecule has 0 bridgehead atoms. The highest BCUT2D eigenvalue weighted by Gasteiger charge is 2.28. The van der Waals surface area contributed by atoms with Crippen LogP contribution in [0.25, 0.3) is 11.3 Å². The van der Waals surface area contributed by atoms with Crippen LogP contribution in [0.1, 0.15) is 33.6 Å². The van der Waals surface area contributed by atoms with Gasteiger partial charge in [0.1, 0.15) is 17.3 Å². The second-order valence-electron chi connectivity index (χ2n) is 9.21. The minimum absolute atomic E-state index is 0.115. The third kappa shape index (κ3) is 4.88. The van der Waals surface area contributed by atoms with E-state index in [2.05, 4.69) is 25.6 Å². The van der Waals surface area contributed by atoms with E-state index >= 15 is 0 Å². The number of likely N-dealkylation sites (tertiary alicyclic amines) is 1. The number of aromatic nitrogens is 3. The van der Waals surface area contributed by atoms with Gasteiger partial charge in [-0.2, -0.15) is 0 Å². The van der Waals surface area contributed by atoms with Crippen molar-refractivity contribution >= 4 is 45.6 Å². The Hall–Kier alpha value is -3.80. The number of carbonyl (C=O) groups is 1. The van der Waals surface area contributed by atoms with Crippen LogP contribution in [0.4, 0.5) is 19.9 Å². The van der Waals surface area contributed by atoms with Gasteiger partial charge in [-0.3, -0.25) is 9.79 Å². The predicted octanol–water partition coefficient (Wildman–Crippen LogP) is 5.06. The number of rotatable bonds is 5. The first-order valence-electron chi connectivity index (χ1n) is 12.3. The summed E-state index contributed by atoms with van der Waals surface area (Å²) in [5.41, 5.74) is 2.60. The first kappa shape index (κ1) is 25.5. The molecular formula is C27H22ClF2N7OS. The zero-order valence-corrected chi connectivity index (χ0v) is 22.3. The molecule has 6 rings (SSSR count). The number of likely N-dealkylation sites (N-methyl/N-ethyl adjacent to an activating group) is 1. The van der Waals surface area contributed by atoms with E-state index in [0.29, 0.717) is 51.3 Å². The normalized spacial score (nSPS) is 16.4. The molecule has 1 fully saturated rings. The Labute approximate surface area is 231 Å².